The Labute approximate surface area is 172 Å². The molecule has 0 saturated carbocycles. The van der Waals surface area contributed by atoms with E-state index in [0.29, 0.717) is 19.3 Å². The number of hydrogen-bond acceptors (Lipinski definition) is 3. The summed E-state index contributed by atoms with van der Waals surface area (Å²) in [7, 11) is 0. The maximum atomic E-state index is 11.7. The van der Waals surface area contributed by atoms with Crippen LogP contribution in [0.25, 0.3) is 0 Å². The molecule has 0 atom stereocenters. The Morgan fingerprint density at radius 3 is 1.43 bits per heavy atom. The molecule has 0 aliphatic rings. The van der Waals surface area contributed by atoms with Gasteiger partial charge in [-0.15, -0.1) is 0 Å². The lowest BCUT2D eigenvalue weighted by Gasteiger charge is -2.05. The van der Waals surface area contributed by atoms with Crippen LogP contribution in [0.3, 0.4) is 0 Å². The van der Waals surface area contributed by atoms with E-state index in [9.17, 15) is 14.4 Å². The largest absolute Gasteiger partial charge is 0.481 e. The molecule has 0 aliphatic carbocycles. The Kier molecular flexibility index (Phi) is 19.3. The first kappa shape index (κ1) is 26.6. The van der Waals surface area contributed by atoms with Crippen LogP contribution in [0, 0.1) is 0 Å². The number of carbonyl (C=O) groups is 3. The summed E-state index contributed by atoms with van der Waals surface area (Å²) in [5, 5.41) is 11.5. The number of rotatable bonds is 21. The van der Waals surface area contributed by atoms with E-state index in [1.807, 2.05) is 0 Å². The lowest BCUT2D eigenvalue weighted by atomic mass is 10.0. The first-order valence-electron chi connectivity index (χ1n) is 11.5. The number of hydrogen-bond donors (Lipinski definition) is 2. The van der Waals surface area contributed by atoms with Crippen molar-refractivity contribution in [2.45, 2.75) is 122 Å². The maximum absolute atomic E-state index is 11.7. The topological polar surface area (TPSA) is 83.5 Å². The van der Waals surface area contributed by atoms with Gasteiger partial charge in [-0.3, -0.25) is 9.59 Å². The second-order valence-corrected chi connectivity index (χ2v) is 8.00. The van der Waals surface area contributed by atoms with Gasteiger partial charge >= 0.3 is 5.97 Å². The Bertz CT molecular complexity index is 409. The molecule has 0 fully saturated rings. The number of carboxylic acid groups (broad SMARTS) is 1. The Morgan fingerprint density at radius 1 is 0.571 bits per heavy atom. The van der Waals surface area contributed by atoms with Gasteiger partial charge in [0.05, 0.1) is 0 Å². The van der Waals surface area contributed by atoms with Gasteiger partial charge < -0.3 is 15.2 Å². The van der Waals surface area contributed by atoms with Crippen molar-refractivity contribution >= 4 is 17.7 Å². The maximum Gasteiger partial charge on any atom is 0.303 e. The van der Waals surface area contributed by atoms with E-state index in [4.69, 9.17) is 5.11 Å². The summed E-state index contributed by atoms with van der Waals surface area (Å²) in [4.78, 5) is 32.9. The Hall–Kier alpha value is -1.39. The highest BCUT2D eigenvalue weighted by atomic mass is 16.4. The molecule has 0 spiro atoms. The van der Waals surface area contributed by atoms with Crippen LogP contribution < -0.4 is 5.32 Å². The lowest BCUT2D eigenvalue weighted by Crippen LogP contribution is -2.23. The molecule has 2 N–H and O–H groups in total. The smallest absolute Gasteiger partial charge is 0.303 e. The van der Waals surface area contributed by atoms with E-state index in [1.54, 1.807) is 6.92 Å². The monoisotopic (exact) mass is 397 g/mol. The summed E-state index contributed by atoms with van der Waals surface area (Å²) in [6.07, 6.45) is 18.4. The zero-order valence-electron chi connectivity index (χ0n) is 18.1. The third-order valence-corrected chi connectivity index (χ3v) is 5.07. The molecule has 164 valence electrons. The first-order chi connectivity index (χ1) is 13.5. The molecular weight excluding hydrogens is 354 g/mol. The molecular formula is C23H43NO4. The molecule has 0 bridgehead atoms. The summed E-state index contributed by atoms with van der Waals surface area (Å²) in [5.41, 5.74) is 0. The zero-order chi connectivity index (χ0) is 20.9. The van der Waals surface area contributed by atoms with Crippen LogP contribution in [-0.4, -0.2) is 29.3 Å². The van der Waals surface area contributed by atoms with Crippen molar-refractivity contribution < 1.29 is 19.5 Å². The van der Waals surface area contributed by atoms with Gasteiger partial charge in [-0.2, -0.15) is 0 Å². The van der Waals surface area contributed by atoms with Crippen LogP contribution in [-0.2, 0) is 14.4 Å². The summed E-state index contributed by atoms with van der Waals surface area (Å²) in [5.74, 6) is -0.276. The Morgan fingerprint density at radius 2 is 0.964 bits per heavy atom. The van der Waals surface area contributed by atoms with Gasteiger partial charge in [0.15, 0.2) is 0 Å². The van der Waals surface area contributed by atoms with E-state index in [0.717, 1.165) is 57.9 Å². The molecule has 0 saturated heterocycles. The second kappa shape index (κ2) is 20.3. The predicted molar refractivity (Wildman–Crippen MR) is 114 cm³/mol. The third kappa shape index (κ3) is 22.7. The molecule has 0 aromatic rings. The van der Waals surface area contributed by atoms with E-state index in [-0.39, 0.29) is 11.7 Å². The summed E-state index contributed by atoms with van der Waals surface area (Å²) in [6, 6.07) is 0. The third-order valence-electron chi connectivity index (χ3n) is 5.07. The number of Topliss-reactive ketones (excluding diaryl/α,β-unsaturated/α-hetero) is 1. The van der Waals surface area contributed by atoms with Crippen LogP contribution in [0.2, 0.25) is 0 Å². The van der Waals surface area contributed by atoms with Gasteiger partial charge in [-0.1, -0.05) is 70.6 Å². The summed E-state index contributed by atoms with van der Waals surface area (Å²) < 4.78 is 0. The minimum Gasteiger partial charge on any atom is -0.481 e. The zero-order valence-corrected chi connectivity index (χ0v) is 18.1. The fourth-order valence-corrected chi connectivity index (χ4v) is 3.32. The van der Waals surface area contributed by atoms with Gasteiger partial charge in [0.1, 0.15) is 5.78 Å². The number of carboxylic acids is 1. The van der Waals surface area contributed by atoms with Crippen molar-refractivity contribution in [2.75, 3.05) is 6.54 Å². The summed E-state index contributed by atoms with van der Waals surface area (Å²) >= 11 is 0. The van der Waals surface area contributed by atoms with Crippen molar-refractivity contribution in [1.82, 2.24) is 5.32 Å². The van der Waals surface area contributed by atoms with E-state index in [1.165, 1.54) is 44.9 Å². The fraction of sp³-hybridized carbons (Fsp3) is 0.870. The van der Waals surface area contributed by atoms with Crippen LogP contribution in [0.4, 0.5) is 0 Å². The number of aliphatic carboxylic acids is 1. The fourth-order valence-electron chi connectivity index (χ4n) is 3.32. The van der Waals surface area contributed by atoms with Crippen LogP contribution >= 0.6 is 0 Å². The number of ketones is 1. The number of unbranched alkanes of at least 4 members (excludes halogenated alkanes) is 13. The van der Waals surface area contributed by atoms with E-state index in [2.05, 4.69) is 5.32 Å². The molecule has 0 radical (unpaired) electrons. The minimum absolute atomic E-state index is 0.162. The van der Waals surface area contributed by atoms with Gasteiger partial charge in [-0.25, -0.2) is 0 Å². The van der Waals surface area contributed by atoms with Crippen LogP contribution in [0.15, 0.2) is 0 Å². The molecule has 0 rings (SSSR count). The molecule has 0 unspecified atom stereocenters. The highest BCUT2D eigenvalue weighted by molar-refractivity contribution is 5.76. The number of nitrogens with one attached hydrogen (secondary N) is 1. The van der Waals surface area contributed by atoms with Gasteiger partial charge in [0.2, 0.25) is 5.91 Å². The van der Waals surface area contributed by atoms with Crippen LogP contribution in [0.1, 0.15) is 122 Å². The van der Waals surface area contributed by atoms with Crippen LogP contribution in [0.5, 0.6) is 0 Å². The molecule has 0 aliphatic heterocycles. The molecule has 0 aromatic heterocycles. The predicted octanol–water partition coefficient (Wildman–Crippen LogP) is 5.80. The molecule has 0 aromatic carbocycles. The number of amides is 1. The molecule has 5 nitrogen and oxygen atoms in total. The van der Waals surface area contributed by atoms with E-state index < -0.39 is 5.97 Å². The minimum atomic E-state index is -0.682. The quantitative estimate of drug-likeness (QED) is 0.240. The SMILES string of the molecule is CC(=O)CCCCCNC(=O)CCCCCCCCCCCCCCC(=O)O. The van der Waals surface area contributed by atoms with Crippen molar-refractivity contribution in [2.24, 2.45) is 0 Å². The van der Waals surface area contributed by atoms with Crippen molar-refractivity contribution in [3.8, 4) is 0 Å². The molecule has 5 heteroatoms. The highest BCUT2D eigenvalue weighted by Crippen LogP contribution is 2.13. The number of carbonyl (C=O) groups excluding carboxylic acids is 2. The van der Waals surface area contributed by atoms with Gasteiger partial charge in [0.25, 0.3) is 0 Å². The lowest BCUT2D eigenvalue weighted by molar-refractivity contribution is -0.137. The Balaban J connectivity index is 3.17. The molecule has 1 amide bonds. The van der Waals surface area contributed by atoms with E-state index >= 15 is 0 Å². The normalized spacial score (nSPS) is 10.8. The van der Waals surface area contributed by atoms with Crippen molar-refractivity contribution in [3.63, 3.8) is 0 Å². The molecule has 28 heavy (non-hydrogen) atoms. The standard InChI is InChI=1S/C23H43NO4/c1-21(25)17-13-12-16-20-24-22(26)18-14-10-8-6-4-2-3-5-7-9-11-15-19-23(27)28/h2-20H2,1H3,(H,24,26)(H,27,28). The van der Waals surface area contributed by atoms with Gasteiger partial charge in [-0.05, 0) is 32.6 Å². The van der Waals surface area contributed by atoms with Gasteiger partial charge in [0, 0.05) is 25.8 Å². The van der Waals surface area contributed by atoms with Crippen molar-refractivity contribution in [1.29, 1.82) is 0 Å². The average Bonchev–Trinajstić information content (AvgIpc) is 2.64. The van der Waals surface area contributed by atoms with Crippen molar-refractivity contribution in [3.05, 3.63) is 0 Å². The highest BCUT2D eigenvalue weighted by Gasteiger charge is 2.01. The first-order valence-corrected chi connectivity index (χ1v) is 11.5. The average molecular weight is 398 g/mol. The second-order valence-electron chi connectivity index (χ2n) is 8.00. The summed E-state index contributed by atoms with van der Waals surface area (Å²) in [6.45, 7) is 2.35. The molecule has 0 heterocycles.